The molecule has 1 fully saturated rings. The summed E-state index contributed by atoms with van der Waals surface area (Å²) in [6.45, 7) is 5.00. The summed E-state index contributed by atoms with van der Waals surface area (Å²) in [7, 11) is 0. The maximum Gasteiger partial charge on any atom is 0.162 e. The number of thiocarbonyl (C=S) groups is 1. The van der Waals surface area contributed by atoms with Crippen LogP contribution in [0.3, 0.4) is 0 Å². The second-order valence-corrected chi connectivity index (χ2v) is 7.10. The first-order valence-corrected chi connectivity index (χ1v) is 9.87. The van der Waals surface area contributed by atoms with Crippen molar-refractivity contribution in [3.63, 3.8) is 0 Å². The van der Waals surface area contributed by atoms with Crippen molar-refractivity contribution in [1.29, 1.82) is 0 Å². The van der Waals surface area contributed by atoms with E-state index in [4.69, 9.17) is 0 Å². The van der Waals surface area contributed by atoms with Crippen LogP contribution in [0.5, 0.6) is 0 Å². The molecule has 27 heavy (non-hydrogen) atoms. The number of piperidine rings is 1. The lowest BCUT2D eigenvalue weighted by Gasteiger charge is -2.33. The zero-order valence-electron chi connectivity index (χ0n) is 15.6. The Kier molecular flexibility index (Phi) is 6.88. The number of isothiocyanates is 1. The average molecular weight is 380 g/mol. The molecule has 4 nitrogen and oxygen atoms in total. The molecule has 0 unspecified atom stereocenters. The van der Waals surface area contributed by atoms with Gasteiger partial charge in [0.1, 0.15) is 0 Å². The van der Waals surface area contributed by atoms with Crippen LogP contribution in [-0.2, 0) is 6.54 Å². The molecule has 0 spiro atoms. The van der Waals surface area contributed by atoms with Gasteiger partial charge in [-0.3, -0.25) is 9.69 Å². The Hall–Kier alpha value is -2.33. The second kappa shape index (κ2) is 9.56. The quantitative estimate of drug-likeness (QED) is 0.413. The summed E-state index contributed by atoms with van der Waals surface area (Å²) in [6, 6.07) is 16.5. The molecule has 1 N–H and O–H groups in total. The van der Waals surface area contributed by atoms with Crippen molar-refractivity contribution in [3.8, 4) is 0 Å². The number of nitrogens with one attached hydrogen (secondary N) is 1. The molecule has 0 atom stereocenters. The van der Waals surface area contributed by atoms with Crippen molar-refractivity contribution in [2.24, 2.45) is 4.99 Å². The van der Waals surface area contributed by atoms with Crippen LogP contribution in [0.2, 0.25) is 0 Å². The zero-order valence-corrected chi connectivity index (χ0v) is 16.5. The van der Waals surface area contributed by atoms with Gasteiger partial charge in [-0.15, -0.1) is 0 Å². The van der Waals surface area contributed by atoms with E-state index >= 15 is 0 Å². The van der Waals surface area contributed by atoms with E-state index in [1.807, 2.05) is 43.3 Å². The van der Waals surface area contributed by atoms with Gasteiger partial charge in [-0.25, -0.2) is 0 Å². The van der Waals surface area contributed by atoms with Gasteiger partial charge < -0.3 is 5.32 Å². The summed E-state index contributed by atoms with van der Waals surface area (Å²) in [5.74, 6) is 0.192. The molecule has 1 aliphatic rings. The van der Waals surface area contributed by atoms with Crippen LogP contribution in [0.25, 0.3) is 0 Å². The van der Waals surface area contributed by atoms with E-state index in [0.717, 1.165) is 49.4 Å². The maximum absolute atomic E-state index is 11.7. The molecule has 140 valence electrons. The smallest absolute Gasteiger partial charge is 0.162 e. The molecular formula is C22H25N3OS. The molecule has 0 saturated carbocycles. The SMILES string of the molecule is CCC(=O)c1ccc(NC2CCN(Cc3ccc(N=C=S)cc3)CC2)cc1. The van der Waals surface area contributed by atoms with Gasteiger partial charge in [0.25, 0.3) is 0 Å². The van der Waals surface area contributed by atoms with E-state index in [1.165, 1.54) is 5.56 Å². The fraction of sp³-hybridized carbons (Fsp3) is 0.364. The molecule has 0 bridgehead atoms. The van der Waals surface area contributed by atoms with Crippen molar-refractivity contribution in [2.75, 3.05) is 18.4 Å². The Balaban J connectivity index is 1.47. The third kappa shape index (κ3) is 5.57. The minimum absolute atomic E-state index is 0.192. The first kappa shape index (κ1) is 19.4. The molecule has 2 aromatic carbocycles. The number of hydrogen-bond donors (Lipinski definition) is 1. The molecule has 5 heteroatoms. The molecule has 0 radical (unpaired) electrons. The highest BCUT2D eigenvalue weighted by Crippen LogP contribution is 2.20. The molecule has 2 aromatic rings. The Labute approximate surface area is 166 Å². The third-order valence-electron chi connectivity index (χ3n) is 5.00. The number of carbonyl (C=O) groups is 1. The second-order valence-electron chi connectivity index (χ2n) is 6.92. The first-order valence-electron chi connectivity index (χ1n) is 9.47. The number of rotatable bonds is 7. The van der Waals surface area contributed by atoms with Crippen LogP contribution in [-0.4, -0.2) is 35.0 Å². The van der Waals surface area contributed by atoms with E-state index in [9.17, 15) is 4.79 Å². The summed E-state index contributed by atoms with van der Waals surface area (Å²) < 4.78 is 0. The van der Waals surface area contributed by atoms with Crippen LogP contribution < -0.4 is 5.32 Å². The molecule has 0 aliphatic carbocycles. The van der Waals surface area contributed by atoms with Crippen LogP contribution in [0.15, 0.2) is 53.5 Å². The first-order chi connectivity index (χ1) is 13.2. The number of carbonyl (C=O) groups excluding carboxylic acids is 1. The number of ketones is 1. The predicted octanol–water partition coefficient (Wildman–Crippen LogP) is 5.09. The van der Waals surface area contributed by atoms with Crippen molar-refractivity contribution in [1.82, 2.24) is 4.90 Å². The van der Waals surface area contributed by atoms with Crippen molar-refractivity contribution in [2.45, 2.75) is 38.8 Å². The lowest BCUT2D eigenvalue weighted by molar-refractivity contribution is 0.0988. The summed E-state index contributed by atoms with van der Waals surface area (Å²) in [4.78, 5) is 18.2. The van der Waals surface area contributed by atoms with E-state index in [1.54, 1.807) is 0 Å². The fourth-order valence-electron chi connectivity index (χ4n) is 3.41. The van der Waals surface area contributed by atoms with Crippen LogP contribution in [0, 0.1) is 0 Å². The Morgan fingerprint density at radius 1 is 1.15 bits per heavy atom. The highest BCUT2D eigenvalue weighted by Gasteiger charge is 2.19. The van der Waals surface area contributed by atoms with Gasteiger partial charge in [-0.2, -0.15) is 4.99 Å². The summed E-state index contributed by atoms with van der Waals surface area (Å²) in [6.07, 6.45) is 2.78. The monoisotopic (exact) mass is 379 g/mol. The van der Waals surface area contributed by atoms with Crippen LogP contribution in [0.4, 0.5) is 11.4 Å². The van der Waals surface area contributed by atoms with Gasteiger partial charge >= 0.3 is 0 Å². The molecule has 1 heterocycles. The largest absolute Gasteiger partial charge is 0.382 e. The van der Waals surface area contributed by atoms with Crippen molar-refractivity contribution >= 4 is 34.5 Å². The van der Waals surface area contributed by atoms with Gasteiger partial charge in [0.2, 0.25) is 0 Å². The minimum atomic E-state index is 0.192. The molecular weight excluding hydrogens is 354 g/mol. The highest BCUT2D eigenvalue weighted by molar-refractivity contribution is 7.78. The normalized spacial score (nSPS) is 15.1. The van der Waals surface area contributed by atoms with Crippen LogP contribution >= 0.6 is 12.2 Å². The third-order valence-corrected chi connectivity index (χ3v) is 5.09. The number of nitrogens with zero attached hydrogens (tertiary/aromatic N) is 2. The van der Waals surface area contributed by atoms with Gasteiger partial charge in [0.05, 0.1) is 10.8 Å². The van der Waals surface area contributed by atoms with Gasteiger partial charge in [0, 0.05) is 43.3 Å². The van der Waals surface area contributed by atoms with E-state index in [0.29, 0.717) is 12.5 Å². The topological polar surface area (TPSA) is 44.7 Å². The van der Waals surface area contributed by atoms with Gasteiger partial charge in [-0.1, -0.05) is 19.1 Å². The fourth-order valence-corrected chi connectivity index (χ4v) is 3.52. The number of hydrogen-bond acceptors (Lipinski definition) is 5. The predicted molar refractivity (Wildman–Crippen MR) is 114 cm³/mol. The Morgan fingerprint density at radius 2 is 1.81 bits per heavy atom. The highest BCUT2D eigenvalue weighted by atomic mass is 32.1. The summed E-state index contributed by atoms with van der Waals surface area (Å²) in [5.41, 5.74) is 4.03. The molecule has 1 aliphatic heterocycles. The number of aliphatic imine (C=N–C) groups is 1. The number of likely N-dealkylation sites (tertiary alicyclic amines) is 1. The zero-order chi connectivity index (χ0) is 19.1. The van der Waals surface area contributed by atoms with E-state index < -0.39 is 0 Å². The standard InChI is InChI=1S/C22H25N3OS/c1-2-22(26)18-5-9-20(10-6-18)24-21-11-13-25(14-12-21)15-17-3-7-19(8-4-17)23-16-27/h3-10,21,24H,2,11-15H2,1H3. The van der Waals surface area contributed by atoms with Crippen LogP contribution in [0.1, 0.15) is 42.1 Å². The lowest BCUT2D eigenvalue weighted by atomic mass is 10.0. The van der Waals surface area contributed by atoms with E-state index in [2.05, 4.69) is 44.7 Å². The Morgan fingerprint density at radius 3 is 2.41 bits per heavy atom. The lowest BCUT2D eigenvalue weighted by Crippen LogP contribution is -2.38. The van der Waals surface area contributed by atoms with Gasteiger partial charge in [-0.05, 0) is 67.0 Å². The Bertz CT molecular complexity index is 802. The average Bonchev–Trinajstić information content (AvgIpc) is 2.71. The number of benzene rings is 2. The molecule has 0 amide bonds. The number of anilines is 1. The van der Waals surface area contributed by atoms with Gasteiger partial charge in [0.15, 0.2) is 5.78 Å². The molecule has 0 aromatic heterocycles. The van der Waals surface area contributed by atoms with Crippen molar-refractivity contribution in [3.05, 3.63) is 59.7 Å². The number of Topliss-reactive ketones (excluding diaryl/α,β-unsaturated/α-hetero) is 1. The molecule has 3 rings (SSSR count). The summed E-state index contributed by atoms with van der Waals surface area (Å²) in [5, 5.41) is 6.00. The minimum Gasteiger partial charge on any atom is -0.382 e. The van der Waals surface area contributed by atoms with E-state index in [-0.39, 0.29) is 5.78 Å². The maximum atomic E-state index is 11.7. The van der Waals surface area contributed by atoms with Crippen molar-refractivity contribution < 1.29 is 4.79 Å². The molecule has 1 saturated heterocycles. The summed E-state index contributed by atoms with van der Waals surface area (Å²) >= 11 is 4.63.